The normalized spacial score (nSPS) is 13.4. The average molecular weight is 1130 g/mol. The topological polar surface area (TPSA) is 173 Å². The third kappa shape index (κ3) is 23.8. The molecule has 0 amide bonds. The van der Waals surface area contributed by atoms with E-state index in [0.29, 0.717) is 0 Å². The van der Waals surface area contributed by atoms with Crippen LogP contribution >= 0.6 is 47.8 Å². The summed E-state index contributed by atoms with van der Waals surface area (Å²) >= 11 is 9.87. The van der Waals surface area contributed by atoms with Crippen molar-refractivity contribution < 1.29 is 36.6 Å². The Labute approximate surface area is 349 Å². The fourth-order valence-electron chi connectivity index (χ4n) is 3.01. The molecule has 2 aromatic carbocycles. The van der Waals surface area contributed by atoms with Gasteiger partial charge >= 0.3 is 26.2 Å². The van der Waals surface area contributed by atoms with Crippen LogP contribution in [0.25, 0.3) is 0 Å². The van der Waals surface area contributed by atoms with Crippen molar-refractivity contribution in [3.63, 3.8) is 0 Å². The number of halogens is 3. The van der Waals surface area contributed by atoms with Crippen LogP contribution in [-0.2, 0) is 29.6 Å². The van der Waals surface area contributed by atoms with E-state index in [4.69, 9.17) is 0 Å². The van der Waals surface area contributed by atoms with Crippen molar-refractivity contribution in [2.24, 2.45) is 0 Å². The van der Waals surface area contributed by atoms with E-state index < -0.39 is 45.1 Å². The third-order valence-corrected chi connectivity index (χ3v) is 9.93. The Bertz CT molecular complexity index is 1830. The maximum Gasteiger partial charge on any atom is 2.00 e. The van der Waals surface area contributed by atoms with E-state index >= 15 is 0 Å². The fourth-order valence-corrected chi connectivity index (χ4v) is 5.74. The molecule has 3 aliphatic rings. The summed E-state index contributed by atoms with van der Waals surface area (Å²) in [7, 11) is -7.49. The third-order valence-electron chi connectivity index (χ3n) is 5.51. The van der Waals surface area contributed by atoms with Crippen molar-refractivity contribution in [1.29, 1.82) is 0 Å². The molecule has 0 bridgehead atoms. The Kier molecular flexibility index (Phi) is 25.6. The summed E-state index contributed by atoms with van der Waals surface area (Å²) in [4.78, 5) is 20.3. The Balaban J connectivity index is 0.000000652. The first kappa shape index (κ1) is 49.3. The van der Waals surface area contributed by atoms with Crippen molar-refractivity contribution in [3.05, 3.63) is 164 Å². The molecule has 0 heterocycles. The number of carboxylic acids is 2. The van der Waals surface area contributed by atoms with Gasteiger partial charge in [-0.2, -0.15) is 0 Å². The minimum absolute atomic E-state index is 0. The molecule has 272 valence electrons. The molecular weight excluding hydrogens is 1100 g/mol. The van der Waals surface area contributed by atoms with Gasteiger partial charge in [-0.3, -0.25) is 0 Å². The zero-order valence-corrected chi connectivity index (χ0v) is 37.5. The summed E-state index contributed by atoms with van der Waals surface area (Å²) in [5.41, 5.74) is 10.6. The number of hydrogen-bond acceptors (Lipinski definition) is 8. The quantitative estimate of drug-likeness (QED) is 0.292. The van der Waals surface area contributed by atoms with Crippen molar-refractivity contribution in [3.8, 4) is 0 Å². The van der Waals surface area contributed by atoms with Crippen LogP contribution in [0.15, 0.2) is 144 Å². The van der Waals surface area contributed by atoms with E-state index in [0.717, 1.165) is 24.6 Å². The van der Waals surface area contributed by atoms with Gasteiger partial charge < -0.3 is 19.8 Å². The number of allylic oxidation sites excluding steroid dienone is 9. The Morgan fingerprint density at radius 2 is 0.827 bits per heavy atom. The number of carbonyl (C=O) groups excluding carboxylic acids is 2. The second-order valence-electron chi connectivity index (χ2n) is 9.67. The second-order valence-corrected chi connectivity index (χ2v) is 16.0. The van der Waals surface area contributed by atoms with E-state index in [-0.39, 0.29) is 36.0 Å². The van der Waals surface area contributed by atoms with Crippen LogP contribution in [0, 0.1) is 33.1 Å². The maximum atomic E-state index is 11.4. The molecule has 0 aromatic heterocycles. The van der Waals surface area contributed by atoms with Crippen LogP contribution in [0.4, 0.5) is 0 Å². The van der Waals surface area contributed by atoms with Gasteiger partial charge in [0, 0.05) is 32.7 Å². The molecule has 0 unspecified atom stereocenters. The molecule has 0 saturated heterocycles. The van der Waals surface area contributed by atoms with E-state index in [9.17, 15) is 36.6 Å². The first-order valence-corrected chi connectivity index (χ1v) is 19.7. The van der Waals surface area contributed by atoms with E-state index in [1.54, 1.807) is 24.3 Å². The van der Waals surface area contributed by atoms with Gasteiger partial charge in [-0.05, 0) is 92.8 Å². The van der Waals surface area contributed by atoms with Crippen molar-refractivity contribution in [2.75, 3.05) is 13.1 Å². The standard InChI is InChI=1S/2C9H11NO4S.3C6H4Br.Bi/c2*1-7-2-4-8(5-3-7)15(13,14)10-6-9(11)12;3*7-6-4-2-1-3-5-6;/h2*2-5,10H,6H2,1H3,(H,11,12);3*2-5H;/q;;;;;+2/p-2. The Hall–Kier alpha value is -2.70. The first-order valence-electron chi connectivity index (χ1n) is 14.4. The zero-order chi connectivity index (χ0) is 38.3. The van der Waals surface area contributed by atoms with Gasteiger partial charge in [-0.15, -0.1) is 17.2 Å². The number of rotatable bonds is 8. The largest absolute Gasteiger partial charge is 2.00 e. The Morgan fingerprint density at radius 1 is 0.558 bits per heavy atom. The zero-order valence-electron chi connectivity index (χ0n) is 27.6. The van der Waals surface area contributed by atoms with Crippen LogP contribution in [-0.4, -0.2) is 68.1 Å². The molecule has 16 heteroatoms. The first-order chi connectivity index (χ1) is 24.0. The molecule has 0 aliphatic heterocycles. The summed E-state index contributed by atoms with van der Waals surface area (Å²) in [6.07, 6.45) is 22.9. The van der Waals surface area contributed by atoms with Gasteiger partial charge in [0.15, 0.2) is 0 Å². The molecule has 52 heavy (non-hydrogen) atoms. The summed E-state index contributed by atoms with van der Waals surface area (Å²) in [5.74, 6) is -2.93. The molecule has 5 rings (SSSR count). The molecule has 3 aliphatic carbocycles. The van der Waals surface area contributed by atoms with Gasteiger partial charge in [0.1, 0.15) is 0 Å². The number of aliphatic carboxylic acids is 2. The molecule has 0 spiro atoms. The molecule has 0 atom stereocenters. The number of benzene rings is 2. The maximum absolute atomic E-state index is 11.4. The average Bonchev–Trinajstić information content (AvgIpc) is 3.09. The number of aryl methyl sites for hydroxylation is 2. The van der Waals surface area contributed by atoms with E-state index in [2.05, 4.69) is 65.0 Å². The van der Waals surface area contributed by atoms with Crippen molar-refractivity contribution >= 4 is 106 Å². The summed E-state index contributed by atoms with van der Waals surface area (Å²) in [5, 5.41) is 20.2. The summed E-state index contributed by atoms with van der Waals surface area (Å²) in [6.45, 7) is 2.20. The molecule has 2 N–H and O–H groups in total. The minimum atomic E-state index is -3.74. The van der Waals surface area contributed by atoms with Crippen molar-refractivity contribution in [2.45, 2.75) is 23.6 Å². The molecular formula is C36H32BiBr3N2O8S2. The second kappa shape index (κ2) is 27.0. The van der Waals surface area contributed by atoms with Crippen molar-refractivity contribution in [1.82, 2.24) is 9.44 Å². The van der Waals surface area contributed by atoms with Crippen LogP contribution in [0.5, 0.6) is 0 Å². The van der Waals surface area contributed by atoms with Crippen LogP contribution in [0.1, 0.15) is 11.1 Å². The van der Waals surface area contributed by atoms with Crippen LogP contribution in [0.2, 0.25) is 0 Å². The minimum Gasteiger partial charge on any atom is -0.549 e. The van der Waals surface area contributed by atoms with E-state index in [1.165, 1.54) is 24.3 Å². The van der Waals surface area contributed by atoms with Crippen LogP contribution < -0.4 is 19.7 Å². The molecule has 2 aromatic rings. The fraction of sp³-hybridized carbons (Fsp3) is 0.111. The van der Waals surface area contributed by atoms with Crippen LogP contribution in [0.3, 0.4) is 0 Å². The molecule has 10 nitrogen and oxygen atoms in total. The molecule has 0 saturated carbocycles. The summed E-state index contributed by atoms with van der Waals surface area (Å²) < 4.78 is 52.9. The SMILES string of the molecule is BrC1=CC=C=C[CH]1.BrC1=CC=C=C[CH]1.BrC1=CC=C=C[CH]1.Cc1ccc(S(=O)(=O)NCC(=O)[O-])cc1.Cc1ccc(S(=O)(=O)NCC(=O)[O-])cc1.[Bi+2]. The number of hydrogen-bond donors (Lipinski definition) is 2. The number of carboxylic acid groups (broad SMARTS) is 2. The van der Waals surface area contributed by atoms with Gasteiger partial charge in [-0.1, -0.05) is 83.2 Å². The number of nitrogens with one attached hydrogen (secondary N) is 2. The van der Waals surface area contributed by atoms with Gasteiger partial charge in [0.2, 0.25) is 20.0 Å². The van der Waals surface area contributed by atoms with Gasteiger partial charge in [0.05, 0.1) is 34.8 Å². The smallest absolute Gasteiger partial charge is 0.549 e. The monoisotopic (exact) mass is 1130 g/mol. The van der Waals surface area contributed by atoms with Gasteiger partial charge in [-0.25, -0.2) is 26.3 Å². The number of carbonyl (C=O) groups is 2. The number of sulfonamides is 2. The summed E-state index contributed by atoms with van der Waals surface area (Å²) in [6, 6.07) is 12.2. The van der Waals surface area contributed by atoms with E-state index in [1.807, 2.05) is 97.2 Å². The predicted molar refractivity (Wildman–Crippen MR) is 210 cm³/mol. The molecule has 6 radical (unpaired) electrons. The van der Waals surface area contributed by atoms with Gasteiger partial charge in [0.25, 0.3) is 0 Å². The molecule has 0 fully saturated rings. The Morgan fingerprint density at radius 3 is 1.00 bits per heavy atom. The predicted octanol–water partition coefficient (Wildman–Crippen LogP) is 4.25.